The predicted molar refractivity (Wildman–Crippen MR) is 134 cm³/mol. The maximum Gasteiger partial charge on any atom is 0.236 e. The maximum absolute atomic E-state index is 14.3. The van der Waals surface area contributed by atoms with Crippen LogP contribution < -0.4 is 14.8 Å². The van der Waals surface area contributed by atoms with E-state index in [1.54, 1.807) is 31.4 Å². The molecule has 3 aromatic rings. The number of piperidine rings is 1. The summed E-state index contributed by atoms with van der Waals surface area (Å²) in [6.45, 7) is 2.32. The van der Waals surface area contributed by atoms with Crippen LogP contribution in [0, 0.1) is 11.7 Å². The first-order chi connectivity index (χ1) is 16.8. The number of rotatable bonds is 8. The minimum atomic E-state index is -0.484. The van der Waals surface area contributed by atoms with Crippen molar-refractivity contribution in [3.05, 3.63) is 47.5 Å². The first kappa shape index (κ1) is 24.9. The third kappa shape index (κ3) is 6.10. The topological polar surface area (TPSA) is 79.8 Å². The van der Waals surface area contributed by atoms with Gasteiger partial charge in [0.2, 0.25) is 5.91 Å². The maximum atomic E-state index is 14.3. The van der Waals surface area contributed by atoms with Gasteiger partial charge in [0.05, 0.1) is 31.5 Å². The molecule has 8 nitrogen and oxygen atoms in total. The summed E-state index contributed by atoms with van der Waals surface area (Å²) in [5.41, 5.74) is 0.874. The van der Waals surface area contributed by atoms with Crippen LogP contribution in [0.3, 0.4) is 0 Å². The zero-order valence-corrected chi connectivity index (χ0v) is 20.8. The number of nitrogens with zero attached hydrogens (tertiary/aromatic N) is 4. The SMILES string of the molecule is COc1cc2c(Nc3ccc(Cl)cc3F)ncnc2cc1OC[C@@H]1CCCN(C(=O)CN(C)C)C1. The number of hydrogen-bond acceptors (Lipinski definition) is 7. The van der Waals surface area contributed by atoms with Crippen molar-refractivity contribution in [2.75, 3.05) is 52.8 Å². The molecule has 2 aromatic carbocycles. The summed E-state index contributed by atoms with van der Waals surface area (Å²) in [6, 6.07) is 7.95. The molecule has 10 heteroatoms. The van der Waals surface area contributed by atoms with Gasteiger partial charge in [0.1, 0.15) is 18.0 Å². The lowest BCUT2D eigenvalue weighted by molar-refractivity contribution is -0.133. The van der Waals surface area contributed by atoms with Crippen molar-refractivity contribution in [1.29, 1.82) is 0 Å². The van der Waals surface area contributed by atoms with Crippen LogP contribution in [-0.4, -0.2) is 73.1 Å². The predicted octanol–water partition coefficient (Wildman–Crippen LogP) is 4.35. The number of hydrogen-bond donors (Lipinski definition) is 1. The quantitative estimate of drug-likeness (QED) is 0.491. The van der Waals surface area contributed by atoms with Crippen LogP contribution in [0.1, 0.15) is 12.8 Å². The summed E-state index contributed by atoms with van der Waals surface area (Å²) < 4.78 is 26.0. The summed E-state index contributed by atoms with van der Waals surface area (Å²) >= 11 is 5.86. The molecule has 0 saturated carbocycles. The van der Waals surface area contributed by atoms with Gasteiger partial charge in [0, 0.05) is 35.5 Å². The second kappa shape index (κ2) is 11.0. The van der Waals surface area contributed by atoms with Crippen LogP contribution in [0.15, 0.2) is 36.7 Å². The van der Waals surface area contributed by atoms with Gasteiger partial charge in [-0.05, 0) is 51.2 Å². The number of amides is 1. The molecule has 1 aliphatic rings. The highest BCUT2D eigenvalue weighted by Crippen LogP contribution is 2.35. The van der Waals surface area contributed by atoms with E-state index in [0.29, 0.717) is 52.9 Å². The first-order valence-corrected chi connectivity index (χ1v) is 11.8. The fraction of sp³-hybridized carbons (Fsp3) is 0.400. The molecule has 1 atom stereocenters. The molecule has 1 amide bonds. The number of methoxy groups -OCH3 is 1. The zero-order valence-electron chi connectivity index (χ0n) is 20.1. The summed E-state index contributed by atoms with van der Waals surface area (Å²) in [4.78, 5) is 24.9. The Kier molecular flexibility index (Phi) is 7.87. The molecule has 1 saturated heterocycles. The molecular formula is C25H29ClFN5O3. The highest BCUT2D eigenvalue weighted by Gasteiger charge is 2.25. The Balaban J connectivity index is 1.50. The summed E-state index contributed by atoms with van der Waals surface area (Å²) in [5, 5.41) is 3.97. The third-order valence-electron chi connectivity index (χ3n) is 5.90. The van der Waals surface area contributed by atoms with Crippen LogP contribution in [0.2, 0.25) is 5.02 Å². The summed E-state index contributed by atoms with van der Waals surface area (Å²) in [7, 11) is 5.35. The molecular weight excluding hydrogens is 473 g/mol. The minimum absolute atomic E-state index is 0.136. The van der Waals surface area contributed by atoms with Gasteiger partial charge in [-0.15, -0.1) is 0 Å². The van der Waals surface area contributed by atoms with Crippen LogP contribution in [0.5, 0.6) is 11.5 Å². The molecule has 1 fully saturated rings. The van der Waals surface area contributed by atoms with Crippen molar-refractivity contribution < 1.29 is 18.7 Å². The Hall–Kier alpha value is -3.17. The van der Waals surface area contributed by atoms with Crippen molar-refractivity contribution in [2.45, 2.75) is 12.8 Å². The van der Waals surface area contributed by atoms with Gasteiger partial charge in [-0.2, -0.15) is 0 Å². The molecule has 0 spiro atoms. The third-order valence-corrected chi connectivity index (χ3v) is 6.14. The molecule has 0 radical (unpaired) electrons. The lowest BCUT2D eigenvalue weighted by Crippen LogP contribution is -2.44. The van der Waals surface area contributed by atoms with E-state index in [4.69, 9.17) is 21.1 Å². The standard InChI is InChI=1S/C25H29ClFN5O3/c1-31(2)13-24(33)32-8-4-5-16(12-32)14-35-23-11-21-18(10-22(23)34-3)25(29-15-28-21)30-20-7-6-17(26)9-19(20)27/h6-7,9-11,15-16H,4-5,8,12-14H2,1-3H3,(H,28,29,30)/t16-/m1/s1. The van der Waals surface area contributed by atoms with E-state index < -0.39 is 5.82 Å². The average Bonchev–Trinajstić information content (AvgIpc) is 2.83. The number of fused-ring (bicyclic) bond motifs is 1. The number of aromatic nitrogens is 2. The number of ether oxygens (including phenoxy) is 2. The number of carbonyl (C=O) groups excluding carboxylic acids is 1. The Morgan fingerprint density at radius 1 is 1.26 bits per heavy atom. The number of likely N-dealkylation sites (tertiary alicyclic amines) is 1. The number of benzene rings is 2. The Morgan fingerprint density at radius 3 is 2.83 bits per heavy atom. The molecule has 35 heavy (non-hydrogen) atoms. The van der Waals surface area contributed by atoms with Gasteiger partial charge in [-0.1, -0.05) is 11.6 Å². The van der Waals surface area contributed by atoms with Gasteiger partial charge < -0.3 is 24.6 Å². The van der Waals surface area contributed by atoms with Gasteiger partial charge >= 0.3 is 0 Å². The number of carbonyl (C=O) groups is 1. The number of anilines is 2. The fourth-order valence-electron chi connectivity index (χ4n) is 4.16. The van der Waals surface area contributed by atoms with Gasteiger partial charge in [-0.3, -0.25) is 4.79 Å². The number of likely N-dealkylation sites (N-methyl/N-ethyl adjacent to an activating group) is 1. The Morgan fingerprint density at radius 2 is 2.09 bits per heavy atom. The number of halogens is 2. The van der Waals surface area contributed by atoms with Crippen molar-refractivity contribution in [3.8, 4) is 11.5 Å². The van der Waals surface area contributed by atoms with Crippen molar-refractivity contribution in [2.24, 2.45) is 5.92 Å². The minimum Gasteiger partial charge on any atom is -0.493 e. The molecule has 0 aliphatic carbocycles. The van der Waals surface area contributed by atoms with Crippen LogP contribution in [-0.2, 0) is 4.79 Å². The van der Waals surface area contributed by atoms with Gasteiger partial charge in [0.15, 0.2) is 11.5 Å². The van der Waals surface area contributed by atoms with E-state index in [2.05, 4.69) is 15.3 Å². The monoisotopic (exact) mass is 501 g/mol. The normalized spacial score (nSPS) is 15.9. The van der Waals surface area contributed by atoms with E-state index >= 15 is 0 Å². The second-order valence-corrected chi connectivity index (χ2v) is 9.32. The highest BCUT2D eigenvalue weighted by atomic mass is 35.5. The molecule has 186 valence electrons. The smallest absolute Gasteiger partial charge is 0.236 e. The van der Waals surface area contributed by atoms with Gasteiger partial charge in [-0.25, -0.2) is 14.4 Å². The number of nitrogens with one attached hydrogen (secondary N) is 1. The molecule has 0 bridgehead atoms. The Bertz CT molecular complexity index is 1210. The lowest BCUT2D eigenvalue weighted by atomic mass is 9.99. The summed E-state index contributed by atoms with van der Waals surface area (Å²) in [6.07, 6.45) is 3.35. The highest BCUT2D eigenvalue weighted by molar-refractivity contribution is 6.30. The van der Waals surface area contributed by atoms with Crippen LogP contribution >= 0.6 is 11.6 Å². The van der Waals surface area contributed by atoms with Crippen molar-refractivity contribution >= 4 is 39.9 Å². The van der Waals surface area contributed by atoms with E-state index in [0.717, 1.165) is 19.4 Å². The zero-order chi connectivity index (χ0) is 24.9. The molecule has 1 aliphatic heterocycles. The average molecular weight is 502 g/mol. The van der Waals surface area contributed by atoms with E-state index in [1.807, 2.05) is 23.9 Å². The first-order valence-electron chi connectivity index (χ1n) is 11.4. The van der Waals surface area contributed by atoms with Crippen LogP contribution in [0.25, 0.3) is 10.9 Å². The van der Waals surface area contributed by atoms with E-state index in [-0.39, 0.29) is 17.5 Å². The lowest BCUT2D eigenvalue weighted by Gasteiger charge is -2.33. The van der Waals surface area contributed by atoms with E-state index in [1.165, 1.54) is 12.4 Å². The molecule has 1 N–H and O–H groups in total. The molecule has 4 rings (SSSR count). The molecule has 0 unspecified atom stereocenters. The van der Waals surface area contributed by atoms with Gasteiger partial charge in [0.25, 0.3) is 0 Å². The molecule has 1 aromatic heterocycles. The Labute approximate surface area is 209 Å². The van der Waals surface area contributed by atoms with Crippen LogP contribution in [0.4, 0.5) is 15.9 Å². The van der Waals surface area contributed by atoms with Crippen molar-refractivity contribution in [3.63, 3.8) is 0 Å². The van der Waals surface area contributed by atoms with Crippen molar-refractivity contribution in [1.82, 2.24) is 19.8 Å². The summed E-state index contributed by atoms with van der Waals surface area (Å²) in [5.74, 6) is 1.38. The van der Waals surface area contributed by atoms with E-state index in [9.17, 15) is 9.18 Å². The fourth-order valence-corrected chi connectivity index (χ4v) is 4.32. The molecule has 2 heterocycles. The second-order valence-electron chi connectivity index (χ2n) is 8.89. The largest absolute Gasteiger partial charge is 0.493 e.